The lowest BCUT2D eigenvalue weighted by atomic mass is 9.88. The molecule has 0 saturated carbocycles. The number of hydrogen-bond donors (Lipinski definition) is 0. The second-order valence-electron chi connectivity index (χ2n) is 13.3. The van der Waals surface area contributed by atoms with Gasteiger partial charge in [-0.2, -0.15) is 0 Å². The molecule has 2 nitrogen and oxygen atoms in total. The highest BCUT2D eigenvalue weighted by Gasteiger charge is 2.17. The number of allylic oxidation sites excluding steroid dienone is 1. The average Bonchev–Trinajstić information content (AvgIpc) is 3.59. The molecule has 0 unspecified atom stereocenters. The van der Waals surface area contributed by atoms with Gasteiger partial charge in [-0.3, -0.25) is 0 Å². The predicted octanol–water partition coefficient (Wildman–Crippen LogP) is 13.8. The first kappa shape index (κ1) is 29.3. The van der Waals surface area contributed by atoms with E-state index in [1.807, 2.05) is 12.1 Å². The third-order valence-corrected chi connectivity index (χ3v) is 10.3. The van der Waals surface area contributed by atoms with Crippen LogP contribution in [-0.4, -0.2) is 0 Å². The van der Waals surface area contributed by atoms with E-state index in [2.05, 4.69) is 181 Å². The molecule has 0 saturated heterocycles. The van der Waals surface area contributed by atoms with Crippen LogP contribution in [0.25, 0.3) is 72.2 Å². The van der Waals surface area contributed by atoms with Crippen molar-refractivity contribution in [2.75, 3.05) is 4.90 Å². The SMILES string of the molecule is C1=Cc2ccc(-c3ccc(N(c4ccc(-c5ccccc5)cc4)c4ccc(-c5cccc6c5oc5ccccc56)cc4)cc3)c3cccc(c23)C1. The number of para-hydroxylation sites is 2. The van der Waals surface area contributed by atoms with Crippen molar-refractivity contribution in [3.8, 4) is 33.4 Å². The number of furan rings is 1. The molecular weight excluding hydrogens is 619 g/mol. The second kappa shape index (κ2) is 12.0. The van der Waals surface area contributed by atoms with E-state index in [0.717, 1.165) is 56.5 Å². The molecule has 0 amide bonds. The van der Waals surface area contributed by atoms with Crippen LogP contribution in [0, 0.1) is 0 Å². The van der Waals surface area contributed by atoms with Crippen LogP contribution in [-0.2, 0) is 6.42 Å². The number of rotatable bonds is 6. The van der Waals surface area contributed by atoms with Gasteiger partial charge in [0.1, 0.15) is 11.2 Å². The fourth-order valence-corrected chi connectivity index (χ4v) is 7.82. The Morgan fingerprint density at radius 2 is 1.00 bits per heavy atom. The molecule has 8 aromatic carbocycles. The third-order valence-electron chi connectivity index (χ3n) is 10.3. The molecule has 0 N–H and O–H groups in total. The highest BCUT2D eigenvalue weighted by Crippen LogP contribution is 2.41. The van der Waals surface area contributed by atoms with Crippen molar-refractivity contribution >= 4 is 55.8 Å². The fourth-order valence-electron chi connectivity index (χ4n) is 7.82. The number of benzene rings is 8. The van der Waals surface area contributed by atoms with Crippen molar-refractivity contribution in [1.82, 2.24) is 0 Å². The van der Waals surface area contributed by atoms with Crippen LogP contribution in [0.15, 0.2) is 186 Å². The molecule has 1 heterocycles. The zero-order chi connectivity index (χ0) is 33.7. The first-order chi connectivity index (χ1) is 25.3. The molecule has 240 valence electrons. The maximum Gasteiger partial charge on any atom is 0.143 e. The predicted molar refractivity (Wildman–Crippen MR) is 215 cm³/mol. The van der Waals surface area contributed by atoms with E-state index in [-0.39, 0.29) is 0 Å². The van der Waals surface area contributed by atoms with Crippen molar-refractivity contribution in [2.24, 2.45) is 0 Å². The van der Waals surface area contributed by atoms with E-state index >= 15 is 0 Å². The summed E-state index contributed by atoms with van der Waals surface area (Å²) in [5.74, 6) is 0. The van der Waals surface area contributed by atoms with Crippen molar-refractivity contribution in [2.45, 2.75) is 6.42 Å². The highest BCUT2D eigenvalue weighted by atomic mass is 16.3. The van der Waals surface area contributed by atoms with Crippen LogP contribution in [0.1, 0.15) is 11.1 Å². The van der Waals surface area contributed by atoms with Crippen molar-refractivity contribution in [1.29, 1.82) is 0 Å². The van der Waals surface area contributed by atoms with Gasteiger partial charge in [-0.05, 0) is 98.6 Å². The molecule has 51 heavy (non-hydrogen) atoms. The van der Waals surface area contributed by atoms with Crippen LogP contribution in [0.4, 0.5) is 17.1 Å². The Hall–Kier alpha value is -6.64. The average molecular weight is 652 g/mol. The zero-order valence-electron chi connectivity index (χ0n) is 28.0. The van der Waals surface area contributed by atoms with Gasteiger partial charge in [-0.15, -0.1) is 0 Å². The maximum atomic E-state index is 6.39. The van der Waals surface area contributed by atoms with E-state index in [0.29, 0.717) is 0 Å². The number of nitrogens with zero attached hydrogens (tertiary/aromatic N) is 1. The van der Waals surface area contributed by atoms with E-state index in [1.165, 1.54) is 44.2 Å². The summed E-state index contributed by atoms with van der Waals surface area (Å²) in [7, 11) is 0. The van der Waals surface area contributed by atoms with Gasteiger partial charge in [0.15, 0.2) is 0 Å². The third kappa shape index (κ3) is 5.04. The fraction of sp³-hybridized carbons (Fsp3) is 0.0204. The second-order valence-corrected chi connectivity index (χ2v) is 13.3. The van der Waals surface area contributed by atoms with Gasteiger partial charge in [-0.1, -0.05) is 146 Å². The number of anilines is 3. The van der Waals surface area contributed by atoms with Crippen LogP contribution in [0.3, 0.4) is 0 Å². The zero-order valence-corrected chi connectivity index (χ0v) is 28.0. The standard InChI is InChI=1S/C49H33NO/c1-2-9-33(10-3-1)34-19-26-39(27-20-34)50(40-28-21-35(22-29-40)42-32-25-38-12-6-11-37-13-7-16-45(42)48(37)38)41-30-23-36(24-31-41)43-15-8-17-46-44-14-4-5-18-47(44)51-49(43)46/h1-10,12-32H,11H2. The summed E-state index contributed by atoms with van der Waals surface area (Å²) in [5.41, 5.74) is 14.9. The summed E-state index contributed by atoms with van der Waals surface area (Å²) in [5, 5.41) is 4.97. The molecular formula is C49H33NO. The largest absolute Gasteiger partial charge is 0.455 e. The Morgan fingerprint density at radius 3 is 1.75 bits per heavy atom. The van der Waals surface area contributed by atoms with Gasteiger partial charge in [0.2, 0.25) is 0 Å². The van der Waals surface area contributed by atoms with Gasteiger partial charge in [0.25, 0.3) is 0 Å². The Kier molecular flexibility index (Phi) is 6.92. The molecule has 1 aliphatic rings. The van der Waals surface area contributed by atoms with E-state index in [4.69, 9.17) is 4.42 Å². The lowest BCUT2D eigenvalue weighted by Gasteiger charge is -2.26. The Labute approximate surface area is 297 Å². The Balaban J connectivity index is 1.06. The minimum Gasteiger partial charge on any atom is -0.455 e. The summed E-state index contributed by atoms with van der Waals surface area (Å²) >= 11 is 0. The number of fused-ring (bicyclic) bond motifs is 3. The maximum absolute atomic E-state index is 6.39. The molecule has 2 heteroatoms. The van der Waals surface area contributed by atoms with Crippen LogP contribution < -0.4 is 4.90 Å². The van der Waals surface area contributed by atoms with E-state index in [1.54, 1.807) is 0 Å². The normalized spacial score (nSPS) is 12.2. The lowest BCUT2D eigenvalue weighted by molar-refractivity contribution is 0.670. The van der Waals surface area contributed by atoms with Crippen LogP contribution >= 0.6 is 0 Å². The first-order valence-corrected chi connectivity index (χ1v) is 17.6. The molecule has 9 aromatic rings. The van der Waals surface area contributed by atoms with E-state index in [9.17, 15) is 0 Å². The molecule has 0 atom stereocenters. The van der Waals surface area contributed by atoms with Gasteiger partial charge >= 0.3 is 0 Å². The summed E-state index contributed by atoms with van der Waals surface area (Å²) in [4.78, 5) is 2.34. The monoisotopic (exact) mass is 651 g/mol. The molecule has 0 radical (unpaired) electrons. The summed E-state index contributed by atoms with van der Waals surface area (Å²) < 4.78 is 6.39. The van der Waals surface area contributed by atoms with Gasteiger partial charge in [0, 0.05) is 33.4 Å². The summed E-state index contributed by atoms with van der Waals surface area (Å²) in [6.45, 7) is 0. The van der Waals surface area contributed by atoms with Gasteiger partial charge < -0.3 is 9.32 Å². The quantitative estimate of drug-likeness (QED) is 0.178. The van der Waals surface area contributed by atoms with Gasteiger partial charge in [-0.25, -0.2) is 0 Å². The smallest absolute Gasteiger partial charge is 0.143 e. The Bertz CT molecular complexity index is 2740. The van der Waals surface area contributed by atoms with Crippen LogP contribution in [0.2, 0.25) is 0 Å². The van der Waals surface area contributed by atoms with Crippen molar-refractivity contribution in [3.63, 3.8) is 0 Å². The molecule has 0 spiro atoms. The number of hydrogen-bond acceptors (Lipinski definition) is 2. The molecule has 0 fully saturated rings. The molecule has 1 aromatic heterocycles. The van der Waals surface area contributed by atoms with Crippen molar-refractivity contribution < 1.29 is 4.42 Å². The Morgan fingerprint density at radius 1 is 0.412 bits per heavy atom. The topological polar surface area (TPSA) is 16.4 Å². The molecule has 10 rings (SSSR count). The minimum atomic E-state index is 0.912. The molecule has 1 aliphatic carbocycles. The molecule has 0 bridgehead atoms. The lowest BCUT2D eigenvalue weighted by Crippen LogP contribution is -2.09. The summed E-state index contributed by atoms with van der Waals surface area (Å²) in [6.07, 6.45) is 5.50. The van der Waals surface area contributed by atoms with E-state index < -0.39 is 0 Å². The summed E-state index contributed by atoms with van der Waals surface area (Å²) in [6, 6.07) is 63.2. The highest BCUT2D eigenvalue weighted by molar-refractivity contribution is 6.09. The van der Waals surface area contributed by atoms with Crippen molar-refractivity contribution in [3.05, 3.63) is 193 Å². The van der Waals surface area contributed by atoms with Crippen LogP contribution in [0.5, 0.6) is 0 Å². The first-order valence-electron chi connectivity index (χ1n) is 17.6. The minimum absolute atomic E-state index is 0.912. The molecule has 0 aliphatic heterocycles. The van der Waals surface area contributed by atoms with Gasteiger partial charge in [0.05, 0.1) is 0 Å².